The van der Waals surface area contributed by atoms with Gasteiger partial charge in [0, 0.05) is 10.9 Å². The molecule has 1 aromatic heterocycles. The van der Waals surface area contributed by atoms with Gasteiger partial charge in [-0.1, -0.05) is 11.6 Å². The smallest absolute Gasteiger partial charge is 0.372 e. The summed E-state index contributed by atoms with van der Waals surface area (Å²) in [6.07, 6.45) is -4.77. The Balaban J connectivity index is 2.44. The highest BCUT2D eigenvalue weighted by Crippen LogP contribution is 2.41. The van der Waals surface area contributed by atoms with Crippen LogP contribution in [0.2, 0.25) is 5.02 Å². The number of aromatic nitrogens is 1. The van der Waals surface area contributed by atoms with Crippen LogP contribution in [0.25, 0.3) is 0 Å². The maximum atomic E-state index is 12.9. The van der Waals surface area contributed by atoms with Crippen LogP contribution < -0.4 is 5.32 Å². The van der Waals surface area contributed by atoms with E-state index < -0.39 is 27.4 Å². The first kappa shape index (κ1) is 18.5. The molecule has 130 valence electrons. The van der Waals surface area contributed by atoms with E-state index in [4.69, 9.17) is 11.6 Å². The van der Waals surface area contributed by atoms with Gasteiger partial charge in [0.25, 0.3) is 5.69 Å². The molecule has 0 bridgehead atoms. The predicted molar refractivity (Wildman–Crippen MR) is 86.7 cm³/mol. The van der Waals surface area contributed by atoms with Crippen LogP contribution in [0.1, 0.15) is 34.1 Å². The van der Waals surface area contributed by atoms with Crippen molar-refractivity contribution in [3.05, 3.63) is 48.4 Å². The van der Waals surface area contributed by atoms with Crippen LogP contribution in [0.4, 0.5) is 24.5 Å². The van der Waals surface area contributed by atoms with Crippen LogP contribution in [-0.2, 0) is 6.18 Å². The summed E-state index contributed by atoms with van der Waals surface area (Å²) in [5.74, 6) is 0. The third-order valence-electron chi connectivity index (χ3n) is 3.29. The molecule has 0 aliphatic heterocycles. The molecule has 0 fully saturated rings. The summed E-state index contributed by atoms with van der Waals surface area (Å²) in [6.45, 7) is 5.37. The molecule has 24 heavy (non-hydrogen) atoms. The molecule has 0 aliphatic rings. The Morgan fingerprint density at radius 3 is 2.46 bits per heavy atom. The van der Waals surface area contributed by atoms with Crippen molar-refractivity contribution in [2.45, 2.75) is 33.0 Å². The third-order valence-corrected chi connectivity index (χ3v) is 4.86. The fourth-order valence-electron chi connectivity index (χ4n) is 2.29. The molecule has 0 radical (unpaired) electrons. The Morgan fingerprint density at radius 2 is 2.00 bits per heavy atom. The first-order valence-electron chi connectivity index (χ1n) is 6.76. The van der Waals surface area contributed by atoms with E-state index >= 15 is 0 Å². The lowest BCUT2D eigenvalue weighted by atomic mass is 10.1. The Kier molecular flexibility index (Phi) is 5.05. The molecular formula is C14H13ClF3N3O2S. The minimum absolute atomic E-state index is 0.0732. The number of aryl methyl sites for hydroxylation is 2. The minimum atomic E-state index is -4.77. The van der Waals surface area contributed by atoms with Gasteiger partial charge in [0.15, 0.2) is 0 Å². The highest BCUT2D eigenvalue weighted by molar-refractivity contribution is 7.11. The zero-order valence-electron chi connectivity index (χ0n) is 12.9. The molecule has 1 heterocycles. The number of nitrogens with one attached hydrogen (secondary N) is 1. The summed E-state index contributed by atoms with van der Waals surface area (Å²) in [6, 6.07) is 1.01. The maximum absolute atomic E-state index is 12.9. The molecule has 10 heteroatoms. The van der Waals surface area contributed by atoms with Gasteiger partial charge in [0.1, 0.15) is 5.69 Å². The van der Waals surface area contributed by atoms with Gasteiger partial charge in [-0.2, -0.15) is 13.2 Å². The largest absolute Gasteiger partial charge is 0.418 e. The molecular weight excluding hydrogens is 367 g/mol. The van der Waals surface area contributed by atoms with Crippen molar-refractivity contribution >= 4 is 34.3 Å². The van der Waals surface area contributed by atoms with Crippen molar-refractivity contribution in [2.24, 2.45) is 0 Å². The van der Waals surface area contributed by atoms with E-state index in [0.29, 0.717) is 6.07 Å². The fraction of sp³-hybridized carbons (Fsp3) is 0.357. The number of hydrogen-bond donors (Lipinski definition) is 1. The third kappa shape index (κ3) is 3.78. The van der Waals surface area contributed by atoms with E-state index in [1.54, 1.807) is 13.8 Å². The molecule has 0 saturated heterocycles. The van der Waals surface area contributed by atoms with Crippen molar-refractivity contribution in [1.29, 1.82) is 0 Å². The summed E-state index contributed by atoms with van der Waals surface area (Å²) in [7, 11) is 0. The highest BCUT2D eigenvalue weighted by Gasteiger charge is 2.36. The molecule has 0 amide bonds. The maximum Gasteiger partial charge on any atom is 0.418 e. The number of rotatable bonds is 4. The first-order valence-corrected chi connectivity index (χ1v) is 7.95. The molecule has 0 unspecified atom stereocenters. The monoisotopic (exact) mass is 379 g/mol. The number of halogens is 4. The summed E-state index contributed by atoms with van der Waals surface area (Å²) in [4.78, 5) is 15.4. The summed E-state index contributed by atoms with van der Waals surface area (Å²) < 4.78 is 38.6. The predicted octanol–water partition coefficient (Wildman–Crippen LogP) is 5.51. The van der Waals surface area contributed by atoms with Crippen molar-refractivity contribution in [2.75, 3.05) is 5.32 Å². The van der Waals surface area contributed by atoms with E-state index in [0.717, 1.165) is 21.6 Å². The molecule has 2 aromatic rings. The van der Waals surface area contributed by atoms with Crippen molar-refractivity contribution in [1.82, 2.24) is 4.98 Å². The SMILES string of the molecule is Cc1nc(C)c([C@@H](C)Nc2cc(Cl)c(C(F)(F)F)cc2[N+](=O)[O-])s1. The Hall–Kier alpha value is -1.87. The fourth-order valence-corrected chi connectivity index (χ4v) is 3.49. The van der Waals surface area contributed by atoms with Crippen molar-refractivity contribution in [3.63, 3.8) is 0 Å². The number of hydrogen-bond acceptors (Lipinski definition) is 5. The van der Waals surface area contributed by atoms with E-state index in [1.165, 1.54) is 11.3 Å². The van der Waals surface area contributed by atoms with Gasteiger partial charge in [-0.05, 0) is 26.8 Å². The number of thiazole rings is 1. The average molecular weight is 380 g/mol. The average Bonchev–Trinajstić information content (AvgIpc) is 2.76. The van der Waals surface area contributed by atoms with Crippen LogP contribution in [0.3, 0.4) is 0 Å². The van der Waals surface area contributed by atoms with E-state index in [1.807, 2.05) is 6.92 Å². The zero-order chi connectivity index (χ0) is 18.2. The Morgan fingerprint density at radius 1 is 1.38 bits per heavy atom. The van der Waals surface area contributed by atoms with Gasteiger partial charge < -0.3 is 5.32 Å². The van der Waals surface area contributed by atoms with Gasteiger partial charge in [0.2, 0.25) is 0 Å². The Labute approximate surface area is 144 Å². The normalized spacial score (nSPS) is 13.0. The van der Waals surface area contributed by atoms with Gasteiger partial charge in [0.05, 0.1) is 32.3 Å². The lowest BCUT2D eigenvalue weighted by Gasteiger charge is -2.16. The molecule has 1 aromatic carbocycles. The molecule has 0 saturated carbocycles. The first-order chi connectivity index (χ1) is 11.0. The molecule has 2 rings (SSSR count). The lowest BCUT2D eigenvalue weighted by molar-refractivity contribution is -0.384. The molecule has 5 nitrogen and oxygen atoms in total. The van der Waals surface area contributed by atoms with Crippen LogP contribution >= 0.6 is 22.9 Å². The quantitative estimate of drug-likeness (QED) is 0.561. The summed E-state index contributed by atoms with van der Waals surface area (Å²) in [5, 5.41) is 14.2. The van der Waals surface area contributed by atoms with Crippen LogP contribution in [0.5, 0.6) is 0 Å². The minimum Gasteiger partial charge on any atom is -0.372 e. The number of nitro groups is 1. The summed E-state index contributed by atoms with van der Waals surface area (Å²) in [5.41, 5.74) is -1.23. The van der Waals surface area contributed by atoms with Crippen molar-refractivity contribution < 1.29 is 18.1 Å². The van der Waals surface area contributed by atoms with E-state index in [2.05, 4.69) is 10.3 Å². The number of nitro benzene ring substituents is 1. The second kappa shape index (κ2) is 6.56. The van der Waals surface area contributed by atoms with E-state index in [9.17, 15) is 23.3 Å². The zero-order valence-corrected chi connectivity index (χ0v) is 14.4. The molecule has 0 spiro atoms. The highest BCUT2D eigenvalue weighted by atomic mass is 35.5. The lowest BCUT2D eigenvalue weighted by Crippen LogP contribution is -2.11. The van der Waals surface area contributed by atoms with Gasteiger partial charge >= 0.3 is 6.18 Å². The van der Waals surface area contributed by atoms with Gasteiger partial charge in [-0.3, -0.25) is 10.1 Å². The van der Waals surface area contributed by atoms with Crippen LogP contribution in [0, 0.1) is 24.0 Å². The molecule has 0 aliphatic carbocycles. The second-order valence-corrected chi connectivity index (χ2v) is 6.79. The van der Waals surface area contributed by atoms with Crippen LogP contribution in [0.15, 0.2) is 12.1 Å². The van der Waals surface area contributed by atoms with Gasteiger partial charge in [-0.15, -0.1) is 11.3 Å². The number of alkyl halides is 3. The van der Waals surface area contributed by atoms with Crippen molar-refractivity contribution in [3.8, 4) is 0 Å². The standard InChI is InChI=1S/C14H13ClF3N3O2S/c1-6-13(24-8(3)19-6)7(2)20-11-5-10(15)9(14(16,17)18)4-12(11)21(22)23/h4-5,7,20H,1-3H3/t7-/m1/s1. The Bertz CT molecular complexity index is 792. The number of anilines is 1. The topological polar surface area (TPSA) is 68.1 Å². The number of benzene rings is 1. The number of nitrogens with zero attached hydrogens (tertiary/aromatic N) is 2. The molecule has 1 atom stereocenters. The second-order valence-electron chi connectivity index (χ2n) is 5.15. The van der Waals surface area contributed by atoms with Gasteiger partial charge in [-0.25, -0.2) is 4.98 Å². The van der Waals surface area contributed by atoms with E-state index in [-0.39, 0.29) is 11.7 Å². The van der Waals surface area contributed by atoms with Crippen LogP contribution in [-0.4, -0.2) is 9.91 Å². The summed E-state index contributed by atoms with van der Waals surface area (Å²) >= 11 is 7.07. The molecule has 1 N–H and O–H groups in total.